The molecular formula is C29H29NO6. The number of carboxylic acid groups (broad SMARTS) is 1. The number of benzene rings is 3. The van der Waals surface area contributed by atoms with Crippen molar-refractivity contribution in [2.75, 3.05) is 13.2 Å². The summed E-state index contributed by atoms with van der Waals surface area (Å²) >= 11 is 0. The van der Waals surface area contributed by atoms with E-state index in [0.717, 1.165) is 27.3 Å². The van der Waals surface area contributed by atoms with Gasteiger partial charge in [0.25, 0.3) is 11.8 Å². The third-order valence-electron chi connectivity index (χ3n) is 6.50. The number of ether oxygens (including phenoxy) is 1. The Morgan fingerprint density at radius 2 is 1.42 bits per heavy atom. The molecule has 7 nitrogen and oxygen atoms in total. The van der Waals surface area contributed by atoms with Gasteiger partial charge in [-0.2, -0.15) is 0 Å². The van der Waals surface area contributed by atoms with Gasteiger partial charge in [-0.3, -0.25) is 19.3 Å². The van der Waals surface area contributed by atoms with E-state index < -0.39 is 29.8 Å². The molecule has 36 heavy (non-hydrogen) atoms. The highest BCUT2D eigenvalue weighted by Crippen LogP contribution is 2.26. The number of aryl methyl sites for hydroxylation is 1. The molecule has 3 aromatic carbocycles. The number of amides is 2. The Balaban J connectivity index is 1.32. The van der Waals surface area contributed by atoms with Crippen LogP contribution in [0.2, 0.25) is 0 Å². The second kappa shape index (κ2) is 11.2. The lowest BCUT2D eigenvalue weighted by Crippen LogP contribution is -2.36. The molecule has 2 N–H and O–H groups in total. The standard InChI is InChI=1S/C29H29NO6/c1-2-36-22-14-12-21(13-15-22)20-10-7-19(8-11-20)9-16-26(31)25(29(34)35)17-18-30-27(32)23-5-3-4-6-24(23)28(30)33/h3-8,10-15,25-26,31H,2,9,16-18H2,1H3,(H,34,35). The van der Waals surface area contributed by atoms with Crippen LogP contribution in [0.4, 0.5) is 0 Å². The van der Waals surface area contributed by atoms with Crippen LogP contribution < -0.4 is 4.74 Å². The largest absolute Gasteiger partial charge is 0.494 e. The molecule has 1 aliphatic heterocycles. The zero-order valence-electron chi connectivity index (χ0n) is 20.1. The fraction of sp³-hybridized carbons (Fsp3) is 0.276. The first kappa shape index (κ1) is 25.1. The minimum atomic E-state index is -1.15. The molecule has 0 saturated heterocycles. The maximum absolute atomic E-state index is 12.5. The predicted molar refractivity (Wildman–Crippen MR) is 135 cm³/mol. The number of hydrogen-bond donors (Lipinski definition) is 2. The van der Waals surface area contributed by atoms with Crippen LogP contribution in [0.25, 0.3) is 11.1 Å². The van der Waals surface area contributed by atoms with Crippen molar-refractivity contribution in [2.45, 2.75) is 32.3 Å². The fourth-order valence-corrected chi connectivity index (χ4v) is 4.48. The number of carboxylic acids is 1. The lowest BCUT2D eigenvalue weighted by molar-refractivity contribution is -0.146. The number of aliphatic hydroxyl groups excluding tert-OH is 1. The lowest BCUT2D eigenvalue weighted by Gasteiger charge is -2.22. The van der Waals surface area contributed by atoms with E-state index in [1.54, 1.807) is 24.3 Å². The second-order valence-electron chi connectivity index (χ2n) is 8.80. The molecule has 1 aliphatic rings. The van der Waals surface area contributed by atoms with Crippen molar-refractivity contribution >= 4 is 17.8 Å². The van der Waals surface area contributed by atoms with Gasteiger partial charge >= 0.3 is 5.97 Å². The van der Waals surface area contributed by atoms with Crippen LogP contribution in [0, 0.1) is 5.92 Å². The minimum Gasteiger partial charge on any atom is -0.494 e. The van der Waals surface area contributed by atoms with E-state index in [-0.39, 0.29) is 19.4 Å². The van der Waals surface area contributed by atoms with E-state index in [4.69, 9.17) is 4.74 Å². The third kappa shape index (κ3) is 5.47. The van der Waals surface area contributed by atoms with Crippen LogP contribution in [0.1, 0.15) is 46.0 Å². The van der Waals surface area contributed by atoms with Gasteiger partial charge in [0.1, 0.15) is 5.75 Å². The smallest absolute Gasteiger partial charge is 0.309 e. The molecule has 3 aromatic rings. The quantitative estimate of drug-likeness (QED) is 0.388. The molecule has 7 heteroatoms. The number of aliphatic carboxylic acids is 1. The predicted octanol–water partition coefficient (Wildman–Crippen LogP) is 4.43. The molecule has 0 spiro atoms. The zero-order chi connectivity index (χ0) is 25.7. The van der Waals surface area contributed by atoms with Crippen molar-refractivity contribution < 1.29 is 29.3 Å². The number of nitrogens with zero attached hydrogens (tertiary/aromatic N) is 1. The molecule has 0 radical (unpaired) electrons. The second-order valence-corrected chi connectivity index (χ2v) is 8.80. The highest BCUT2D eigenvalue weighted by Gasteiger charge is 2.36. The van der Waals surface area contributed by atoms with Crippen molar-refractivity contribution in [3.05, 3.63) is 89.5 Å². The Bertz CT molecular complexity index is 1200. The number of carbonyl (C=O) groups excluding carboxylic acids is 2. The molecule has 2 atom stereocenters. The summed E-state index contributed by atoms with van der Waals surface area (Å²) in [6.07, 6.45) is -0.370. The molecule has 1 heterocycles. The zero-order valence-corrected chi connectivity index (χ0v) is 20.1. The Morgan fingerprint density at radius 3 is 1.94 bits per heavy atom. The highest BCUT2D eigenvalue weighted by molar-refractivity contribution is 6.21. The monoisotopic (exact) mass is 487 g/mol. The molecular weight excluding hydrogens is 458 g/mol. The fourth-order valence-electron chi connectivity index (χ4n) is 4.48. The Labute approximate surface area is 210 Å². The molecule has 0 saturated carbocycles. The Hall–Kier alpha value is -3.97. The summed E-state index contributed by atoms with van der Waals surface area (Å²) in [5.41, 5.74) is 3.73. The summed E-state index contributed by atoms with van der Waals surface area (Å²) in [5, 5.41) is 20.3. The number of fused-ring (bicyclic) bond motifs is 1. The van der Waals surface area contributed by atoms with Gasteiger partial charge in [0.05, 0.1) is 29.8 Å². The normalized spacial score (nSPS) is 14.4. The molecule has 0 fully saturated rings. The summed E-state index contributed by atoms with van der Waals surface area (Å²) in [7, 11) is 0. The summed E-state index contributed by atoms with van der Waals surface area (Å²) in [5.74, 6) is -2.27. The topological polar surface area (TPSA) is 104 Å². The summed E-state index contributed by atoms with van der Waals surface area (Å²) < 4.78 is 5.48. The summed E-state index contributed by atoms with van der Waals surface area (Å²) in [4.78, 5) is 38.0. The van der Waals surface area contributed by atoms with Gasteiger partial charge in [0.2, 0.25) is 0 Å². The van der Waals surface area contributed by atoms with Gasteiger partial charge in [-0.1, -0.05) is 48.5 Å². The van der Waals surface area contributed by atoms with Crippen LogP contribution in [0.3, 0.4) is 0 Å². The first-order valence-electron chi connectivity index (χ1n) is 12.1. The molecule has 186 valence electrons. The van der Waals surface area contributed by atoms with Crippen LogP contribution in [0.15, 0.2) is 72.8 Å². The van der Waals surface area contributed by atoms with Crippen molar-refractivity contribution in [3.63, 3.8) is 0 Å². The maximum Gasteiger partial charge on any atom is 0.309 e. The molecule has 2 unspecified atom stereocenters. The molecule has 0 aromatic heterocycles. The summed E-state index contributed by atoms with van der Waals surface area (Å²) in [6.45, 7) is 2.50. The van der Waals surface area contributed by atoms with E-state index in [1.165, 1.54) is 0 Å². The van der Waals surface area contributed by atoms with E-state index in [1.807, 2.05) is 55.5 Å². The maximum atomic E-state index is 12.5. The van der Waals surface area contributed by atoms with Gasteiger partial charge in [-0.05, 0) is 67.1 Å². The molecule has 4 rings (SSSR count). The van der Waals surface area contributed by atoms with Crippen LogP contribution >= 0.6 is 0 Å². The lowest BCUT2D eigenvalue weighted by atomic mass is 9.93. The number of rotatable bonds is 11. The first-order chi connectivity index (χ1) is 17.4. The van der Waals surface area contributed by atoms with E-state index in [0.29, 0.717) is 24.2 Å². The van der Waals surface area contributed by atoms with E-state index in [9.17, 15) is 24.6 Å². The molecule has 0 bridgehead atoms. The molecule has 0 aliphatic carbocycles. The van der Waals surface area contributed by atoms with Gasteiger partial charge in [0, 0.05) is 6.54 Å². The Morgan fingerprint density at radius 1 is 0.861 bits per heavy atom. The average Bonchev–Trinajstić information content (AvgIpc) is 3.13. The van der Waals surface area contributed by atoms with Gasteiger partial charge < -0.3 is 14.9 Å². The highest BCUT2D eigenvalue weighted by atomic mass is 16.5. The summed E-state index contributed by atoms with van der Waals surface area (Å²) in [6, 6.07) is 22.3. The average molecular weight is 488 g/mol. The van der Waals surface area contributed by atoms with Crippen molar-refractivity contribution in [3.8, 4) is 16.9 Å². The third-order valence-corrected chi connectivity index (χ3v) is 6.50. The number of aliphatic hydroxyl groups is 1. The van der Waals surface area contributed by atoms with Crippen LogP contribution in [-0.4, -0.2) is 52.2 Å². The number of imide groups is 1. The van der Waals surface area contributed by atoms with Gasteiger partial charge in [-0.15, -0.1) is 0 Å². The van der Waals surface area contributed by atoms with Crippen molar-refractivity contribution in [2.24, 2.45) is 5.92 Å². The number of carbonyl (C=O) groups is 3. The van der Waals surface area contributed by atoms with Crippen molar-refractivity contribution in [1.82, 2.24) is 4.90 Å². The van der Waals surface area contributed by atoms with E-state index in [2.05, 4.69) is 0 Å². The SMILES string of the molecule is CCOc1ccc(-c2ccc(CCC(O)C(CCN3C(=O)c4ccccc4C3=O)C(=O)O)cc2)cc1. The van der Waals surface area contributed by atoms with Crippen LogP contribution in [0.5, 0.6) is 5.75 Å². The Kier molecular flexibility index (Phi) is 7.80. The first-order valence-corrected chi connectivity index (χ1v) is 12.1. The van der Waals surface area contributed by atoms with Gasteiger partial charge in [0.15, 0.2) is 0 Å². The minimum absolute atomic E-state index is 0.0152. The van der Waals surface area contributed by atoms with Crippen LogP contribution in [-0.2, 0) is 11.2 Å². The van der Waals surface area contributed by atoms with Gasteiger partial charge in [-0.25, -0.2) is 0 Å². The molecule has 2 amide bonds. The van der Waals surface area contributed by atoms with Crippen molar-refractivity contribution in [1.29, 1.82) is 0 Å². The van der Waals surface area contributed by atoms with E-state index >= 15 is 0 Å². The number of hydrogen-bond acceptors (Lipinski definition) is 5.